The van der Waals surface area contributed by atoms with Gasteiger partial charge in [0, 0.05) is 16.5 Å². The van der Waals surface area contributed by atoms with Crippen LogP contribution in [-0.4, -0.2) is 4.57 Å². The highest BCUT2D eigenvalue weighted by Gasteiger charge is 2.24. The molecule has 7 aromatic rings. The maximum atomic E-state index is 6.28. The van der Waals surface area contributed by atoms with Crippen LogP contribution in [0.3, 0.4) is 0 Å². The molecular weight excluding hydrogens is 382 g/mol. The van der Waals surface area contributed by atoms with Gasteiger partial charge in [-0.05, 0) is 47.5 Å². The van der Waals surface area contributed by atoms with Gasteiger partial charge in [-0.1, -0.05) is 66.7 Å². The van der Waals surface area contributed by atoms with E-state index in [1.54, 1.807) is 0 Å². The Bertz CT molecular complexity index is 1630. The predicted molar refractivity (Wildman–Crippen MR) is 126 cm³/mol. The molecule has 0 saturated heterocycles. The van der Waals surface area contributed by atoms with Crippen molar-refractivity contribution in [3.8, 4) is 16.8 Å². The van der Waals surface area contributed by atoms with Crippen LogP contribution in [-0.2, 0) is 0 Å². The van der Waals surface area contributed by atoms with Crippen molar-refractivity contribution >= 4 is 44.1 Å². The average molecular weight is 399 g/mol. The van der Waals surface area contributed by atoms with Gasteiger partial charge in [0.1, 0.15) is 22.2 Å². The molecule has 7 rings (SSSR count). The van der Waals surface area contributed by atoms with Crippen LogP contribution in [0.15, 0.2) is 112 Å². The molecule has 0 atom stereocenters. The Hall–Kier alpha value is -4.24. The Morgan fingerprint density at radius 2 is 0.935 bits per heavy atom. The third kappa shape index (κ3) is 2.29. The minimum atomic E-state index is 0.791. The number of hydrogen-bond donors (Lipinski definition) is 0. The summed E-state index contributed by atoms with van der Waals surface area (Å²) in [5, 5.41) is 2.17. The molecule has 146 valence electrons. The van der Waals surface area contributed by atoms with Crippen molar-refractivity contribution in [3.05, 3.63) is 103 Å². The number of furan rings is 2. The molecule has 3 nitrogen and oxygen atoms in total. The number of rotatable bonds is 2. The molecule has 0 aliphatic carbocycles. The van der Waals surface area contributed by atoms with Crippen molar-refractivity contribution in [1.29, 1.82) is 0 Å². The lowest BCUT2D eigenvalue weighted by Crippen LogP contribution is -1.93. The molecule has 0 N–H and O–H groups in total. The molecule has 0 spiro atoms. The van der Waals surface area contributed by atoms with Gasteiger partial charge in [-0.3, -0.25) is 0 Å². The summed E-state index contributed by atoms with van der Waals surface area (Å²) in [4.78, 5) is 0. The molecule has 0 aliphatic rings. The number of fused-ring (bicyclic) bond motifs is 7. The lowest BCUT2D eigenvalue weighted by molar-refractivity contribution is 0.634. The third-order valence-corrected chi connectivity index (χ3v) is 6.02. The van der Waals surface area contributed by atoms with Crippen molar-refractivity contribution in [2.75, 3.05) is 0 Å². The lowest BCUT2D eigenvalue weighted by Gasteiger charge is -2.08. The van der Waals surface area contributed by atoms with E-state index in [9.17, 15) is 0 Å². The smallest absolute Gasteiger partial charge is 0.196 e. The number of para-hydroxylation sites is 2. The van der Waals surface area contributed by atoms with Gasteiger partial charge in [-0.15, -0.1) is 0 Å². The molecule has 0 fully saturated rings. The Kier molecular flexibility index (Phi) is 3.27. The number of hydrogen-bond acceptors (Lipinski definition) is 2. The Morgan fingerprint density at radius 3 is 1.52 bits per heavy atom. The summed E-state index contributed by atoms with van der Waals surface area (Å²) in [6, 6.07) is 35.5. The molecular formula is C28H17NO2. The first-order chi connectivity index (χ1) is 15.4. The van der Waals surface area contributed by atoms with Crippen LogP contribution < -0.4 is 0 Å². The SMILES string of the molecule is c1ccc(-c2ccc(-n3c4c5ccccc5oc4c4oc5ccccc5c43)cc2)cc1. The second kappa shape index (κ2) is 6.13. The summed E-state index contributed by atoms with van der Waals surface area (Å²) in [5.74, 6) is 0. The standard InChI is InChI=1S/C28H17NO2/c1-2-8-18(9-3-1)19-14-16-20(17-15-19)29-25-21-10-4-6-12-23(21)30-27(25)28-26(29)22-11-5-7-13-24(22)31-28/h1-17H. The second-order valence-corrected chi connectivity index (χ2v) is 7.80. The molecule has 3 heteroatoms. The Balaban J connectivity index is 1.58. The molecule has 0 unspecified atom stereocenters. The van der Waals surface area contributed by atoms with Gasteiger partial charge in [-0.2, -0.15) is 0 Å². The van der Waals surface area contributed by atoms with Crippen LogP contribution in [0.5, 0.6) is 0 Å². The van der Waals surface area contributed by atoms with Crippen molar-refractivity contribution < 1.29 is 8.83 Å². The topological polar surface area (TPSA) is 31.2 Å². The van der Waals surface area contributed by atoms with E-state index in [4.69, 9.17) is 8.83 Å². The zero-order valence-electron chi connectivity index (χ0n) is 16.6. The highest BCUT2D eigenvalue weighted by Crippen LogP contribution is 2.43. The zero-order chi connectivity index (χ0) is 20.4. The van der Waals surface area contributed by atoms with E-state index < -0.39 is 0 Å². The first kappa shape index (κ1) is 16.5. The van der Waals surface area contributed by atoms with Gasteiger partial charge in [-0.25, -0.2) is 0 Å². The van der Waals surface area contributed by atoms with E-state index in [0.29, 0.717) is 0 Å². The molecule has 3 heterocycles. The highest BCUT2D eigenvalue weighted by atomic mass is 16.4. The summed E-state index contributed by atoms with van der Waals surface area (Å²) in [7, 11) is 0. The van der Waals surface area contributed by atoms with E-state index in [2.05, 4.69) is 65.2 Å². The molecule has 0 radical (unpaired) electrons. The maximum Gasteiger partial charge on any atom is 0.196 e. The molecule has 0 saturated carbocycles. The van der Waals surface area contributed by atoms with Crippen LogP contribution in [0.2, 0.25) is 0 Å². The van der Waals surface area contributed by atoms with Gasteiger partial charge in [0.2, 0.25) is 0 Å². The van der Waals surface area contributed by atoms with Crippen LogP contribution in [0.1, 0.15) is 0 Å². The third-order valence-electron chi connectivity index (χ3n) is 6.02. The van der Waals surface area contributed by atoms with E-state index in [0.717, 1.165) is 49.8 Å². The van der Waals surface area contributed by atoms with Crippen LogP contribution in [0.4, 0.5) is 0 Å². The summed E-state index contributed by atoms with van der Waals surface area (Å²) in [5.41, 5.74) is 8.88. The monoisotopic (exact) mass is 399 g/mol. The molecule has 4 aromatic carbocycles. The second-order valence-electron chi connectivity index (χ2n) is 7.80. The van der Waals surface area contributed by atoms with Gasteiger partial charge >= 0.3 is 0 Å². The average Bonchev–Trinajstić information content (AvgIpc) is 3.48. The first-order valence-electron chi connectivity index (χ1n) is 10.4. The van der Waals surface area contributed by atoms with E-state index in [1.165, 1.54) is 11.1 Å². The highest BCUT2D eigenvalue weighted by molar-refractivity contribution is 6.20. The summed E-state index contributed by atoms with van der Waals surface area (Å²) in [6.45, 7) is 0. The molecule has 0 aliphatic heterocycles. The van der Waals surface area contributed by atoms with E-state index >= 15 is 0 Å². The Labute approximate surface area is 177 Å². The van der Waals surface area contributed by atoms with Crippen LogP contribution in [0, 0.1) is 0 Å². The summed E-state index contributed by atoms with van der Waals surface area (Å²) < 4.78 is 14.8. The number of aromatic nitrogens is 1. The van der Waals surface area contributed by atoms with Crippen molar-refractivity contribution in [2.24, 2.45) is 0 Å². The van der Waals surface area contributed by atoms with Crippen molar-refractivity contribution in [1.82, 2.24) is 4.57 Å². The molecule has 3 aromatic heterocycles. The van der Waals surface area contributed by atoms with Gasteiger partial charge in [0.15, 0.2) is 11.2 Å². The van der Waals surface area contributed by atoms with E-state index in [1.807, 2.05) is 42.5 Å². The maximum absolute atomic E-state index is 6.28. The van der Waals surface area contributed by atoms with Crippen molar-refractivity contribution in [3.63, 3.8) is 0 Å². The van der Waals surface area contributed by atoms with Crippen LogP contribution in [0.25, 0.3) is 61.0 Å². The minimum Gasteiger partial charge on any atom is -0.450 e. The van der Waals surface area contributed by atoms with Gasteiger partial charge < -0.3 is 13.4 Å². The summed E-state index contributed by atoms with van der Waals surface area (Å²) in [6.07, 6.45) is 0. The van der Waals surface area contributed by atoms with Crippen molar-refractivity contribution in [2.45, 2.75) is 0 Å². The fourth-order valence-electron chi connectivity index (χ4n) is 4.62. The summed E-state index contributed by atoms with van der Waals surface area (Å²) >= 11 is 0. The number of benzene rings is 4. The molecule has 31 heavy (non-hydrogen) atoms. The minimum absolute atomic E-state index is 0.791. The molecule has 0 bridgehead atoms. The Morgan fingerprint density at radius 1 is 0.452 bits per heavy atom. The normalized spacial score (nSPS) is 11.9. The largest absolute Gasteiger partial charge is 0.450 e. The van der Waals surface area contributed by atoms with Gasteiger partial charge in [0.25, 0.3) is 0 Å². The molecule has 0 amide bonds. The first-order valence-corrected chi connectivity index (χ1v) is 10.4. The zero-order valence-corrected chi connectivity index (χ0v) is 16.6. The number of nitrogens with zero attached hydrogens (tertiary/aromatic N) is 1. The van der Waals surface area contributed by atoms with Crippen LogP contribution >= 0.6 is 0 Å². The quantitative estimate of drug-likeness (QED) is 0.295. The lowest BCUT2D eigenvalue weighted by atomic mass is 10.1. The van der Waals surface area contributed by atoms with E-state index in [-0.39, 0.29) is 0 Å². The van der Waals surface area contributed by atoms with Gasteiger partial charge in [0.05, 0.1) is 0 Å². The fourth-order valence-corrected chi connectivity index (χ4v) is 4.62. The fraction of sp³-hybridized carbons (Fsp3) is 0. The predicted octanol–water partition coefficient (Wildman–Crippen LogP) is 7.94.